The summed E-state index contributed by atoms with van der Waals surface area (Å²) in [5, 5.41) is 8.65. The lowest BCUT2D eigenvalue weighted by molar-refractivity contribution is 0.350. The van der Waals surface area contributed by atoms with Crippen LogP contribution in [0.5, 0.6) is 0 Å². The predicted octanol–water partition coefficient (Wildman–Crippen LogP) is 0.980. The molecule has 2 N–H and O–H groups in total. The Bertz CT molecular complexity index is 586. The maximum Gasteiger partial charge on any atom is 0.240 e. The molecule has 0 unspecified atom stereocenters. The SMILES string of the molecule is CSCCNS(=O)(=O)c1cc(C#CCO)ccc1C. The molecule has 0 aliphatic carbocycles. The van der Waals surface area contributed by atoms with Crippen molar-refractivity contribution in [3.63, 3.8) is 0 Å². The minimum atomic E-state index is -3.50. The first kappa shape index (κ1) is 16.1. The number of hydrogen-bond acceptors (Lipinski definition) is 4. The van der Waals surface area contributed by atoms with Gasteiger partial charge in [-0.3, -0.25) is 0 Å². The number of aliphatic hydroxyl groups excluding tert-OH is 1. The molecule has 0 amide bonds. The minimum absolute atomic E-state index is 0.235. The zero-order valence-electron chi connectivity index (χ0n) is 10.9. The monoisotopic (exact) mass is 299 g/mol. The van der Waals surface area contributed by atoms with Gasteiger partial charge in [-0.2, -0.15) is 11.8 Å². The molecule has 0 spiro atoms. The highest BCUT2D eigenvalue weighted by molar-refractivity contribution is 7.98. The molecule has 1 aromatic rings. The zero-order chi connectivity index (χ0) is 14.3. The Balaban J connectivity index is 3.04. The van der Waals surface area contributed by atoms with Gasteiger partial charge >= 0.3 is 0 Å². The highest BCUT2D eigenvalue weighted by Crippen LogP contribution is 2.16. The van der Waals surface area contributed by atoms with E-state index in [2.05, 4.69) is 16.6 Å². The van der Waals surface area contributed by atoms with Crippen LogP contribution in [0, 0.1) is 18.8 Å². The number of nitrogens with one attached hydrogen (secondary N) is 1. The van der Waals surface area contributed by atoms with Crippen molar-refractivity contribution in [2.45, 2.75) is 11.8 Å². The highest BCUT2D eigenvalue weighted by atomic mass is 32.2. The average molecular weight is 299 g/mol. The van der Waals surface area contributed by atoms with E-state index in [-0.39, 0.29) is 11.5 Å². The molecular weight excluding hydrogens is 282 g/mol. The van der Waals surface area contributed by atoms with Crippen molar-refractivity contribution < 1.29 is 13.5 Å². The van der Waals surface area contributed by atoms with E-state index >= 15 is 0 Å². The van der Waals surface area contributed by atoms with E-state index in [1.807, 2.05) is 6.26 Å². The van der Waals surface area contributed by atoms with Crippen LogP contribution in [-0.4, -0.2) is 38.7 Å². The second-order valence-electron chi connectivity index (χ2n) is 3.83. The first-order valence-electron chi connectivity index (χ1n) is 5.70. The van der Waals surface area contributed by atoms with E-state index in [0.717, 1.165) is 5.75 Å². The van der Waals surface area contributed by atoms with Gasteiger partial charge in [0.25, 0.3) is 0 Å². The topological polar surface area (TPSA) is 66.4 Å². The van der Waals surface area contributed by atoms with E-state index in [1.165, 1.54) is 6.07 Å². The largest absolute Gasteiger partial charge is 0.384 e. The van der Waals surface area contributed by atoms with E-state index in [0.29, 0.717) is 17.7 Å². The quantitative estimate of drug-likeness (QED) is 0.628. The summed E-state index contributed by atoms with van der Waals surface area (Å²) in [6.45, 7) is 1.89. The van der Waals surface area contributed by atoms with E-state index in [1.54, 1.807) is 30.8 Å². The number of sulfonamides is 1. The van der Waals surface area contributed by atoms with Crippen LogP contribution in [0.4, 0.5) is 0 Å². The van der Waals surface area contributed by atoms with Crippen LogP contribution in [0.1, 0.15) is 11.1 Å². The molecule has 4 nitrogen and oxygen atoms in total. The van der Waals surface area contributed by atoms with Crippen LogP contribution < -0.4 is 4.72 Å². The van der Waals surface area contributed by atoms with Crippen molar-refractivity contribution in [1.29, 1.82) is 0 Å². The summed E-state index contributed by atoms with van der Waals surface area (Å²) in [6.07, 6.45) is 1.92. The molecular formula is C13H17NO3S2. The van der Waals surface area contributed by atoms with Gasteiger partial charge in [0.1, 0.15) is 6.61 Å². The summed E-state index contributed by atoms with van der Waals surface area (Å²) in [5.74, 6) is 5.93. The average Bonchev–Trinajstić information content (AvgIpc) is 2.37. The van der Waals surface area contributed by atoms with Crippen molar-refractivity contribution in [2.24, 2.45) is 0 Å². The number of aryl methyl sites for hydroxylation is 1. The highest BCUT2D eigenvalue weighted by Gasteiger charge is 2.16. The zero-order valence-corrected chi connectivity index (χ0v) is 12.6. The lowest BCUT2D eigenvalue weighted by Gasteiger charge is -2.09. The molecule has 0 radical (unpaired) electrons. The van der Waals surface area contributed by atoms with Gasteiger partial charge in [-0.25, -0.2) is 13.1 Å². The molecule has 0 aliphatic heterocycles. The molecule has 0 fully saturated rings. The molecule has 1 rings (SSSR count). The Morgan fingerprint density at radius 2 is 2.16 bits per heavy atom. The molecule has 0 bridgehead atoms. The van der Waals surface area contributed by atoms with E-state index in [9.17, 15) is 8.42 Å². The number of rotatable bonds is 5. The second-order valence-corrected chi connectivity index (χ2v) is 6.55. The number of aliphatic hydroxyl groups is 1. The van der Waals surface area contributed by atoms with Crippen LogP contribution in [0.25, 0.3) is 0 Å². The smallest absolute Gasteiger partial charge is 0.240 e. The van der Waals surface area contributed by atoms with Gasteiger partial charge < -0.3 is 5.11 Å². The predicted molar refractivity (Wildman–Crippen MR) is 78.7 cm³/mol. The summed E-state index contributed by atoms with van der Waals surface area (Å²) < 4.78 is 26.8. The Morgan fingerprint density at radius 1 is 1.42 bits per heavy atom. The minimum Gasteiger partial charge on any atom is -0.384 e. The van der Waals surface area contributed by atoms with Crippen molar-refractivity contribution in [3.05, 3.63) is 29.3 Å². The van der Waals surface area contributed by atoms with Gasteiger partial charge in [0.2, 0.25) is 10.0 Å². The molecule has 19 heavy (non-hydrogen) atoms. The Hall–Kier alpha value is -1.00. The van der Waals surface area contributed by atoms with Gasteiger partial charge in [-0.1, -0.05) is 17.9 Å². The maximum absolute atomic E-state index is 12.1. The van der Waals surface area contributed by atoms with Gasteiger partial charge in [0, 0.05) is 17.9 Å². The Labute approximate surface area is 118 Å². The third-order valence-corrected chi connectivity index (χ3v) is 4.60. The molecule has 0 saturated heterocycles. The van der Waals surface area contributed by atoms with Crippen molar-refractivity contribution in [1.82, 2.24) is 4.72 Å². The molecule has 104 valence electrons. The summed E-state index contributed by atoms with van der Waals surface area (Å²) in [6, 6.07) is 4.98. The Kier molecular flexibility index (Phi) is 6.38. The van der Waals surface area contributed by atoms with Crippen LogP contribution in [0.3, 0.4) is 0 Å². The summed E-state index contributed by atoms with van der Waals surface area (Å²) in [4.78, 5) is 0.235. The summed E-state index contributed by atoms with van der Waals surface area (Å²) in [5.41, 5.74) is 1.25. The molecule has 0 aliphatic rings. The number of hydrogen-bond donors (Lipinski definition) is 2. The number of benzene rings is 1. The molecule has 0 heterocycles. The molecule has 0 aromatic heterocycles. The molecule has 1 aromatic carbocycles. The van der Waals surface area contributed by atoms with Crippen molar-refractivity contribution in [2.75, 3.05) is 25.2 Å². The van der Waals surface area contributed by atoms with Gasteiger partial charge in [-0.05, 0) is 30.9 Å². The summed E-state index contributed by atoms with van der Waals surface area (Å²) in [7, 11) is -3.50. The van der Waals surface area contributed by atoms with Crippen LogP contribution >= 0.6 is 11.8 Å². The first-order valence-corrected chi connectivity index (χ1v) is 8.58. The number of thioether (sulfide) groups is 1. The van der Waals surface area contributed by atoms with Crippen LogP contribution in [0.15, 0.2) is 23.1 Å². The first-order chi connectivity index (χ1) is 9.01. The van der Waals surface area contributed by atoms with Gasteiger partial charge in [0.05, 0.1) is 4.90 Å². The standard InChI is InChI=1S/C13H17NO3S2/c1-11-5-6-12(4-3-8-15)10-13(11)19(16,17)14-7-9-18-2/h5-6,10,14-15H,7-9H2,1-2H3. The fourth-order valence-electron chi connectivity index (χ4n) is 1.46. The lowest BCUT2D eigenvalue weighted by Crippen LogP contribution is -2.26. The fourth-order valence-corrected chi connectivity index (χ4v) is 3.20. The van der Waals surface area contributed by atoms with Crippen LogP contribution in [-0.2, 0) is 10.0 Å². The van der Waals surface area contributed by atoms with E-state index < -0.39 is 10.0 Å². The fraction of sp³-hybridized carbons (Fsp3) is 0.385. The Morgan fingerprint density at radius 3 is 2.79 bits per heavy atom. The summed E-state index contributed by atoms with van der Waals surface area (Å²) >= 11 is 1.58. The molecule has 6 heteroatoms. The third-order valence-electron chi connectivity index (χ3n) is 2.39. The van der Waals surface area contributed by atoms with Gasteiger partial charge in [-0.15, -0.1) is 0 Å². The third kappa shape index (κ3) is 4.88. The van der Waals surface area contributed by atoms with Crippen LogP contribution in [0.2, 0.25) is 0 Å². The van der Waals surface area contributed by atoms with Crippen molar-refractivity contribution in [3.8, 4) is 11.8 Å². The maximum atomic E-state index is 12.1. The molecule has 0 atom stereocenters. The van der Waals surface area contributed by atoms with Gasteiger partial charge in [0.15, 0.2) is 0 Å². The molecule has 0 saturated carbocycles. The normalized spacial score (nSPS) is 10.9. The second kappa shape index (κ2) is 7.56. The van der Waals surface area contributed by atoms with Crippen molar-refractivity contribution >= 4 is 21.8 Å². The lowest BCUT2D eigenvalue weighted by atomic mass is 10.1. The van der Waals surface area contributed by atoms with E-state index in [4.69, 9.17) is 5.11 Å².